The molecular weight excluding hydrogens is 224 g/mol. The first kappa shape index (κ1) is 12.6. The molecule has 1 aromatic carbocycles. The van der Waals surface area contributed by atoms with Gasteiger partial charge in [-0.25, -0.2) is 4.98 Å². The second-order valence-corrected chi connectivity index (χ2v) is 4.32. The first-order chi connectivity index (χ1) is 8.78. The summed E-state index contributed by atoms with van der Waals surface area (Å²) in [5.74, 6) is 0.909. The summed E-state index contributed by atoms with van der Waals surface area (Å²) in [6.45, 7) is 3.48. The number of anilines is 1. The molecule has 0 saturated heterocycles. The summed E-state index contributed by atoms with van der Waals surface area (Å²) in [5, 5.41) is 3.32. The van der Waals surface area contributed by atoms with E-state index in [0.717, 1.165) is 12.4 Å². The zero-order valence-corrected chi connectivity index (χ0v) is 10.8. The van der Waals surface area contributed by atoms with Gasteiger partial charge in [-0.15, -0.1) is 0 Å². The summed E-state index contributed by atoms with van der Waals surface area (Å²) in [6, 6.07) is 12.4. The summed E-state index contributed by atoms with van der Waals surface area (Å²) >= 11 is 0. The van der Waals surface area contributed by atoms with Crippen molar-refractivity contribution >= 4 is 5.82 Å². The second-order valence-electron chi connectivity index (χ2n) is 4.32. The Balaban J connectivity index is 1.99. The third-order valence-electron chi connectivity index (χ3n) is 2.69. The number of hydrogen-bond acceptors (Lipinski definition) is 3. The molecule has 0 amide bonds. The second kappa shape index (κ2) is 6.17. The Kier molecular flexibility index (Phi) is 4.31. The highest BCUT2D eigenvalue weighted by atomic mass is 16.5. The van der Waals surface area contributed by atoms with Crippen molar-refractivity contribution < 1.29 is 4.74 Å². The van der Waals surface area contributed by atoms with E-state index in [-0.39, 0.29) is 0 Å². The highest BCUT2D eigenvalue weighted by Crippen LogP contribution is 2.10. The molecule has 0 bridgehead atoms. The van der Waals surface area contributed by atoms with Gasteiger partial charge in [0.15, 0.2) is 0 Å². The smallest absolute Gasteiger partial charge is 0.126 e. The lowest BCUT2D eigenvalue weighted by molar-refractivity contribution is 0.185. The summed E-state index contributed by atoms with van der Waals surface area (Å²) < 4.78 is 5.13. The molecule has 3 nitrogen and oxygen atoms in total. The Hall–Kier alpha value is -1.87. The van der Waals surface area contributed by atoms with E-state index in [1.54, 1.807) is 7.11 Å². The number of benzene rings is 1. The molecule has 0 atom stereocenters. The number of ether oxygens (including phenoxy) is 1. The maximum Gasteiger partial charge on any atom is 0.126 e. The molecule has 94 valence electrons. The summed E-state index contributed by atoms with van der Waals surface area (Å²) in [7, 11) is 1.71. The third kappa shape index (κ3) is 3.57. The monoisotopic (exact) mass is 242 g/mol. The van der Waals surface area contributed by atoms with E-state index >= 15 is 0 Å². The molecule has 0 unspecified atom stereocenters. The van der Waals surface area contributed by atoms with Gasteiger partial charge in [-0.05, 0) is 35.7 Å². The minimum absolute atomic E-state index is 0.649. The van der Waals surface area contributed by atoms with Crippen LogP contribution in [0.2, 0.25) is 0 Å². The quantitative estimate of drug-likeness (QED) is 0.874. The molecule has 0 fully saturated rings. The van der Waals surface area contributed by atoms with Gasteiger partial charge in [0.1, 0.15) is 5.82 Å². The fraction of sp³-hybridized carbons (Fsp3) is 0.267. The van der Waals surface area contributed by atoms with Crippen molar-refractivity contribution in [1.82, 2.24) is 4.98 Å². The lowest BCUT2D eigenvalue weighted by Crippen LogP contribution is -2.02. The minimum Gasteiger partial charge on any atom is -0.380 e. The van der Waals surface area contributed by atoms with Crippen LogP contribution in [-0.2, 0) is 17.9 Å². The number of aromatic nitrogens is 1. The van der Waals surface area contributed by atoms with Crippen LogP contribution in [-0.4, -0.2) is 12.1 Å². The predicted octanol–water partition coefficient (Wildman–Crippen LogP) is 3.15. The molecule has 2 aromatic rings. The lowest BCUT2D eigenvalue weighted by Gasteiger charge is -2.07. The van der Waals surface area contributed by atoms with Gasteiger partial charge in [-0.1, -0.05) is 24.3 Å². The summed E-state index contributed by atoms with van der Waals surface area (Å²) in [4.78, 5) is 4.28. The van der Waals surface area contributed by atoms with Gasteiger partial charge in [0, 0.05) is 19.9 Å². The number of pyridine rings is 1. The van der Waals surface area contributed by atoms with Crippen LogP contribution < -0.4 is 5.32 Å². The van der Waals surface area contributed by atoms with Gasteiger partial charge in [0.2, 0.25) is 0 Å². The van der Waals surface area contributed by atoms with Gasteiger partial charge in [-0.3, -0.25) is 0 Å². The number of hydrogen-bond donors (Lipinski definition) is 1. The van der Waals surface area contributed by atoms with E-state index in [0.29, 0.717) is 6.61 Å². The van der Waals surface area contributed by atoms with Crippen LogP contribution in [0, 0.1) is 6.92 Å². The first-order valence-electron chi connectivity index (χ1n) is 6.01. The molecule has 2 rings (SSSR count). The molecule has 0 aliphatic heterocycles. The van der Waals surface area contributed by atoms with E-state index in [1.807, 2.05) is 18.3 Å². The van der Waals surface area contributed by atoms with Crippen molar-refractivity contribution in [3.05, 3.63) is 59.3 Å². The van der Waals surface area contributed by atoms with Crippen molar-refractivity contribution in [2.75, 3.05) is 12.4 Å². The van der Waals surface area contributed by atoms with E-state index < -0.39 is 0 Å². The summed E-state index contributed by atoms with van der Waals surface area (Å²) in [5.41, 5.74) is 3.63. The van der Waals surface area contributed by atoms with Crippen molar-refractivity contribution in [3.63, 3.8) is 0 Å². The Morgan fingerprint density at radius 3 is 2.78 bits per heavy atom. The number of rotatable bonds is 5. The molecule has 0 aliphatic rings. The third-order valence-corrected chi connectivity index (χ3v) is 2.69. The first-order valence-corrected chi connectivity index (χ1v) is 6.01. The van der Waals surface area contributed by atoms with Crippen LogP contribution in [0.5, 0.6) is 0 Å². The molecule has 1 N–H and O–H groups in total. The highest BCUT2D eigenvalue weighted by molar-refractivity contribution is 5.38. The molecule has 0 spiro atoms. The Bertz CT molecular complexity index is 511. The van der Waals surface area contributed by atoms with Crippen molar-refractivity contribution in [2.24, 2.45) is 0 Å². The Labute approximate surface area is 108 Å². The zero-order valence-electron chi connectivity index (χ0n) is 10.8. The normalized spacial score (nSPS) is 10.3. The Morgan fingerprint density at radius 2 is 2.00 bits per heavy atom. The molecular formula is C15H18N2O. The minimum atomic E-state index is 0.649. The van der Waals surface area contributed by atoms with Crippen molar-refractivity contribution in [1.29, 1.82) is 0 Å². The standard InChI is InChI=1S/C15H18N2O/c1-12-6-7-16-15(8-12)17-10-13-4-3-5-14(9-13)11-18-2/h3-9H,10-11H2,1-2H3,(H,16,17). The maximum absolute atomic E-state index is 5.13. The maximum atomic E-state index is 5.13. The molecule has 0 saturated carbocycles. The number of nitrogens with zero attached hydrogens (tertiary/aromatic N) is 1. The van der Waals surface area contributed by atoms with Crippen LogP contribution in [0.25, 0.3) is 0 Å². The average Bonchev–Trinajstić information content (AvgIpc) is 2.37. The van der Waals surface area contributed by atoms with Gasteiger partial charge >= 0.3 is 0 Å². The van der Waals surface area contributed by atoms with Gasteiger partial charge in [0.25, 0.3) is 0 Å². The van der Waals surface area contributed by atoms with Gasteiger partial charge < -0.3 is 10.1 Å². The van der Waals surface area contributed by atoms with Crippen molar-refractivity contribution in [2.45, 2.75) is 20.1 Å². The molecule has 1 heterocycles. The van der Waals surface area contributed by atoms with E-state index in [2.05, 4.69) is 41.5 Å². The molecule has 0 radical (unpaired) electrons. The molecule has 0 aliphatic carbocycles. The van der Waals surface area contributed by atoms with Gasteiger partial charge in [-0.2, -0.15) is 0 Å². The average molecular weight is 242 g/mol. The highest BCUT2D eigenvalue weighted by Gasteiger charge is 1.97. The summed E-state index contributed by atoms with van der Waals surface area (Å²) in [6.07, 6.45) is 1.82. The topological polar surface area (TPSA) is 34.1 Å². The van der Waals surface area contributed by atoms with Crippen LogP contribution in [0.1, 0.15) is 16.7 Å². The zero-order chi connectivity index (χ0) is 12.8. The fourth-order valence-electron chi connectivity index (χ4n) is 1.82. The fourth-order valence-corrected chi connectivity index (χ4v) is 1.82. The van der Waals surface area contributed by atoms with Crippen LogP contribution in [0.15, 0.2) is 42.6 Å². The molecule has 1 aromatic heterocycles. The lowest BCUT2D eigenvalue weighted by atomic mass is 10.1. The SMILES string of the molecule is COCc1cccc(CNc2cc(C)ccn2)c1. The van der Waals surface area contributed by atoms with Crippen molar-refractivity contribution in [3.8, 4) is 0 Å². The number of aryl methyl sites for hydroxylation is 1. The van der Waals surface area contributed by atoms with Gasteiger partial charge in [0.05, 0.1) is 6.61 Å². The molecule has 3 heteroatoms. The Morgan fingerprint density at radius 1 is 1.17 bits per heavy atom. The number of methoxy groups -OCH3 is 1. The number of nitrogens with one attached hydrogen (secondary N) is 1. The van der Waals surface area contributed by atoms with E-state index in [9.17, 15) is 0 Å². The largest absolute Gasteiger partial charge is 0.380 e. The van der Waals surface area contributed by atoms with Crippen LogP contribution in [0.4, 0.5) is 5.82 Å². The van der Waals surface area contributed by atoms with E-state index in [1.165, 1.54) is 16.7 Å². The van der Waals surface area contributed by atoms with Crippen LogP contribution in [0.3, 0.4) is 0 Å². The van der Waals surface area contributed by atoms with E-state index in [4.69, 9.17) is 4.74 Å². The molecule has 18 heavy (non-hydrogen) atoms. The predicted molar refractivity (Wildman–Crippen MR) is 73.5 cm³/mol. The van der Waals surface area contributed by atoms with Crippen LogP contribution >= 0.6 is 0 Å².